The Morgan fingerprint density at radius 1 is 1.21 bits per heavy atom. The van der Waals surface area contributed by atoms with Crippen LogP contribution in [0.5, 0.6) is 5.75 Å². The Hall–Kier alpha value is -2.81. The van der Waals surface area contributed by atoms with Crippen molar-refractivity contribution in [2.75, 3.05) is 40.5 Å². The molecule has 0 saturated carbocycles. The summed E-state index contributed by atoms with van der Waals surface area (Å²) < 4.78 is 16.6. The van der Waals surface area contributed by atoms with Crippen LogP contribution in [0.25, 0.3) is 0 Å². The number of hydrogen-bond donors (Lipinski definition) is 3. The second-order valence-electron chi connectivity index (χ2n) is 7.76. The molecule has 2 atom stereocenters. The van der Waals surface area contributed by atoms with Crippen LogP contribution >= 0.6 is 11.6 Å². The molecule has 2 aromatic carbocycles. The largest absolute Gasteiger partial charge is 0.493 e. The van der Waals surface area contributed by atoms with Gasteiger partial charge in [0.1, 0.15) is 11.9 Å². The fourth-order valence-corrected chi connectivity index (χ4v) is 3.78. The first-order valence-electron chi connectivity index (χ1n) is 10.9. The van der Waals surface area contributed by atoms with Gasteiger partial charge in [0.15, 0.2) is 0 Å². The van der Waals surface area contributed by atoms with Gasteiger partial charge in [-0.05, 0) is 49.4 Å². The molecule has 3 N–H and O–H groups in total. The Labute approximate surface area is 198 Å². The number of hydrogen-bond acceptors (Lipinski definition) is 6. The summed E-state index contributed by atoms with van der Waals surface area (Å²) in [5.41, 5.74) is 3.19. The molecule has 33 heavy (non-hydrogen) atoms. The predicted molar refractivity (Wildman–Crippen MR) is 126 cm³/mol. The molecule has 0 aliphatic carbocycles. The van der Waals surface area contributed by atoms with E-state index >= 15 is 0 Å². The van der Waals surface area contributed by atoms with Crippen molar-refractivity contribution >= 4 is 23.6 Å². The summed E-state index contributed by atoms with van der Waals surface area (Å²) in [4.78, 5) is 24.3. The van der Waals surface area contributed by atoms with E-state index in [1.54, 1.807) is 12.1 Å². The zero-order valence-corrected chi connectivity index (χ0v) is 19.8. The maximum Gasteiger partial charge on any atom is 0.406 e. The molecule has 178 valence electrons. The minimum atomic E-state index is -0.526. The smallest absolute Gasteiger partial charge is 0.406 e. The zero-order chi connectivity index (χ0) is 23.8. The maximum absolute atomic E-state index is 12.9. The maximum atomic E-state index is 12.9. The fourth-order valence-electron chi connectivity index (χ4n) is 3.58. The van der Waals surface area contributed by atoms with Crippen LogP contribution in [0.15, 0.2) is 36.4 Å². The first-order chi connectivity index (χ1) is 15.9. The van der Waals surface area contributed by atoms with Crippen LogP contribution in [0.3, 0.4) is 0 Å². The average molecular weight is 476 g/mol. The molecule has 1 heterocycles. The molecule has 2 amide bonds. The number of nitrogens with one attached hydrogen (secondary N) is 3. The molecule has 1 aliphatic heterocycles. The second kappa shape index (κ2) is 11.9. The number of benzene rings is 2. The standard InChI is InChI=1S/C24H30ClN3O5/c1-15(26-2)14-28-23(29)17-12-20(19-7-9-32-21(19)13-17)22(16-5-4-6-18(25)11-16)33-10-8-27-24(30)31-3/h4-6,11-13,15,22,26H,7-10,14H2,1-3H3,(H,27,30)(H,28,29). The molecule has 0 saturated heterocycles. The summed E-state index contributed by atoms with van der Waals surface area (Å²) in [6.07, 6.45) is -0.311. The first-order valence-corrected chi connectivity index (χ1v) is 11.2. The van der Waals surface area contributed by atoms with E-state index < -0.39 is 12.2 Å². The van der Waals surface area contributed by atoms with Crippen LogP contribution < -0.4 is 20.7 Å². The normalized spacial score (nSPS) is 14.1. The van der Waals surface area contributed by atoms with Crippen molar-refractivity contribution in [2.24, 2.45) is 0 Å². The van der Waals surface area contributed by atoms with Crippen LogP contribution in [0.1, 0.15) is 40.1 Å². The SMILES string of the molecule is CNC(C)CNC(=O)c1cc2c(c(C(OCCNC(=O)OC)c3cccc(Cl)c3)c1)CCO2. The van der Waals surface area contributed by atoms with Crippen molar-refractivity contribution in [3.05, 3.63) is 63.7 Å². The van der Waals surface area contributed by atoms with E-state index in [9.17, 15) is 9.59 Å². The van der Waals surface area contributed by atoms with Gasteiger partial charge in [-0.1, -0.05) is 23.7 Å². The number of carbonyl (C=O) groups is 2. The number of methoxy groups -OCH3 is 1. The van der Waals surface area contributed by atoms with Gasteiger partial charge >= 0.3 is 6.09 Å². The lowest BCUT2D eigenvalue weighted by atomic mass is 9.93. The number of rotatable bonds is 10. The van der Waals surface area contributed by atoms with Crippen LogP contribution in [-0.2, 0) is 15.9 Å². The fraction of sp³-hybridized carbons (Fsp3) is 0.417. The Bertz CT molecular complexity index is 985. The summed E-state index contributed by atoms with van der Waals surface area (Å²) >= 11 is 6.26. The number of alkyl carbamates (subject to hydrolysis) is 1. The molecule has 1 aliphatic rings. The lowest BCUT2D eigenvalue weighted by molar-refractivity contribution is 0.0799. The van der Waals surface area contributed by atoms with Crippen molar-refractivity contribution in [3.8, 4) is 5.75 Å². The highest BCUT2D eigenvalue weighted by molar-refractivity contribution is 6.30. The molecule has 0 radical (unpaired) electrons. The van der Waals surface area contributed by atoms with Gasteiger partial charge in [-0.15, -0.1) is 0 Å². The first kappa shape index (κ1) is 24.8. The zero-order valence-electron chi connectivity index (χ0n) is 19.1. The van der Waals surface area contributed by atoms with Crippen molar-refractivity contribution in [1.82, 2.24) is 16.0 Å². The molecule has 2 unspecified atom stereocenters. The molecule has 8 nitrogen and oxygen atoms in total. The van der Waals surface area contributed by atoms with E-state index in [0.29, 0.717) is 35.9 Å². The Morgan fingerprint density at radius 2 is 2.03 bits per heavy atom. The van der Waals surface area contributed by atoms with E-state index in [1.165, 1.54) is 7.11 Å². The van der Waals surface area contributed by atoms with Gasteiger partial charge in [0.25, 0.3) is 5.91 Å². The third-order valence-corrected chi connectivity index (χ3v) is 5.69. The second-order valence-corrected chi connectivity index (χ2v) is 8.20. The monoisotopic (exact) mass is 475 g/mol. The van der Waals surface area contributed by atoms with Gasteiger partial charge in [0.05, 0.1) is 20.3 Å². The number of halogens is 1. The van der Waals surface area contributed by atoms with Gasteiger partial charge in [0.2, 0.25) is 0 Å². The highest BCUT2D eigenvalue weighted by Gasteiger charge is 2.27. The van der Waals surface area contributed by atoms with E-state index in [1.807, 2.05) is 38.2 Å². The minimum absolute atomic E-state index is 0.143. The molecule has 0 spiro atoms. The Balaban J connectivity index is 1.92. The van der Waals surface area contributed by atoms with Crippen LogP contribution in [0.4, 0.5) is 4.79 Å². The molecule has 0 bridgehead atoms. The number of likely N-dealkylation sites (N-methyl/N-ethyl adjacent to an activating group) is 1. The van der Waals surface area contributed by atoms with Gasteiger partial charge in [0, 0.05) is 41.7 Å². The lowest BCUT2D eigenvalue weighted by Gasteiger charge is -2.22. The number of fused-ring (bicyclic) bond motifs is 1. The topological polar surface area (TPSA) is 97.9 Å². The van der Waals surface area contributed by atoms with E-state index in [2.05, 4.69) is 20.7 Å². The predicted octanol–water partition coefficient (Wildman–Crippen LogP) is 3.07. The molecule has 3 rings (SSSR count). The van der Waals surface area contributed by atoms with Gasteiger partial charge in [-0.25, -0.2) is 4.79 Å². The summed E-state index contributed by atoms with van der Waals surface area (Å²) in [7, 11) is 3.16. The van der Waals surface area contributed by atoms with Crippen molar-refractivity contribution < 1.29 is 23.8 Å². The van der Waals surface area contributed by atoms with E-state index in [-0.39, 0.29) is 25.1 Å². The van der Waals surface area contributed by atoms with Gasteiger partial charge < -0.3 is 30.2 Å². The van der Waals surface area contributed by atoms with Crippen molar-refractivity contribution in [1.29, 1.82) is 0 Å². The quantitative estimate of drug-likeness (QED) is 0.457. The van der Waals surface area contributed by atoms with E-state index in [0.717, 1.165) is 16.7 Å². The minimum Gasteiger partial charge on any atom is -0.493 e. The molecule has 2 aromatic rings. The Kier molecular flexibility index (Phi) is 8.94. The van der Waals surface area contributed by atoms with E-state index in [4.69, 9.17) is 21.1 Å². The number of carbonyl (C=O) groups excluding carboxylic acids is 2. The van der Waals surface area contributed by atoms with Crippen LogP contribution in [0, 0.1) is 0 Å². The molecule has 0 aromatic heterocycles. The summed E-state index contributed by atoms with van der Waals surface area (Å²) in [6.45, 7) is 3.53. The average Bonchev–Trinajstić information content (AvgIpc) is 3.30. The van der Waals surface area contributed by atoms with Gasteiger partial charge in [-0.3, -0.25) is 4.79 Å². The summed E-state index contributed by atoms with van der Waals surface area (Å²) in [6, 6.07) is 11.2. The van der Waals surface area contributed by atoms with Crippen molar-refractivity contribution in [2.45, 2.75) is 25.5 Å². The Morgan fingerprint density at radius 3 is 2.76 bits per heavy atom. The summed E-state index contributed by atoms with van der Waals surface area (Å²) in [5.74, 6) is 0.497. The van der Waals surface area contributed by atoms with Gasteiger partial charge in [-0.2, -0.15) is 0 Å². The molecule has 0 fully saturated rings. The van der Waals surface area contributed by atoms with Crippen LogP contribution in [-0.4, -0.2) is 58.5 Å². The van der Waals surface area contributed by atoms with Crippen LogP contribution in [0.2, 0.25) is 5.02 Å². The summed E-state index contributed by atoms with van der Waals surface area (Å²) in [5, 5.41) is 9.24. The third-order valence-electron chi connectivity index (χ3n) is 5.45. The molecular formula is C24H30ClN3O5. The highest BCUT2D eigenvalue weighted by Crippen LogP contribution is 2.38. The lowest BCUT2D eigenvalue weighted by Crippen LogP contribution is -2.37. The number of amides is 2. The number of ether oxygens (including phenoxy) is 3. The molecular weight excluding hydrogens is 446 g/mol. The third kappa shape index (κ3) is 6.60. The highest BCUT2D eigenvalue weighted by atomic mass is 35.5. The molecule has 9 heteroatoms. The van der Waals surface area contributed by atoms with Crippen molar-refractivity contribution in [3.63, 3.8) is 0 Å².